The van der Waals surface area contributed by atoms with E-state index in [0.717, 1.165) is 109 Å². The lowest BCUT2D eigenvalue weighted by molar-refractivity contribution is -0.870. The van der Waals surface area contributed by atoms with Crippen molar-refractivity contribution in [2.24, 2.45) is 0 Å². The quantitative estimate of drug-likeness (QED) is 0.0243. The summed E-state index contributed by atoms with van der Waals surface area (Å²) in [5.74, 6) is -0.233. The van der Waals surface area contributed by atoms with Gasteiger partial charge in [0.15, 0.2) is 0 Å². The van der Waals surface area contributed by atoms with Crippen molar-refractivity contribution < 1.29 is 32.9 Å². The maximum absolute atomic E-state index is 13.0. The Balaban J connectivity index is 4.24. The third kappa shape index (κ3) is 73.1. The van der Waals surface area contributed by atoms with Crippen LogP contribution in [0, 0.1) is 0 Å². The summed E-state index contributed by atoms with van der Waals surface area (Å²) in [6.07, 6.45) is 111. The first-order valence-corrected chi connectivity index (χ1v) is 38.5. The maximum Gasteiger partial charge on any atom is 0.472 e. The molecule has 518 valence electrons. The number of unbranched alkanes of at least 4 members (excludes halogenated alkanes) is 27. The molecule has 0 aliphatic rings. The van der Waals surface area contributed by atoms with E-state index in [9.17, 15) is 19.4 Å². The largest absolute Gasteiger partial charge is 0.472 e. The molecule has 0 aromatic carbocycles. The fourth-order valence-corrected chi connectivity index (χ4v) is 10.7. The van der Waals surface area contributed by atoms with E-state index in [1.165, 1.54) is 154 Å². The summed E-state index contributed by atoms with van der Waals surface area (Å²) in [6, 6.07) is -0.902. The molecule has 0 spiro atoms. The summed E-state index contributed by atoms with van der Waals surface area (Å²) in [7, 11) is 1.51. The fourth-order valence-electron chi connectivity index (χ4n) is 9.98. The van der Waals surface area contributed by atoms with E-state index in [1.54, 1.807) is 6.08 Å². The molecular weight excluding hydrogens is 1140 g/mol. The van der Waals surface area contributed by atoms with E-state index in [0.29, 0.717) is 17.4 Å². The molecule has 0 fully saturated rings. The second-order valence-electron chi connectivity index (χ2n) is 25.6. The first-order chi connectivity index (χ1) is 44.5. The van der Waals surface area contributed by atoms with Crippen molar-refractivity contribution in [1.82, 2.24) is 5.32 Å². The molecule has 0 aliphatic carbocycles. The van der Waals surface area contributed by atoms with Gasteiger partial charge in [-0.1, -0.05) is 332 Å². The number of quaternary nitrogens is 1. The maximum atomic E-state index is 13.0. The summed E-state index contributed by atoms with van der Waals surface area (Å²) in [6.45, 7) is 4.65. The van der Waals surface area contributed by atoms with Crippen molar-refractivity contribution in [3.05, 3.63) is 170 Å². The van der Waals surface area contributed by atoms with Gasteiger partial charge in [-0.15, -0.1) is 0 Å². The number of phosphoric ester groups is 1. The summed E-state index contributed by atoms with van der Waals surface area (Å²) in [5, 5.41) is 14.0. The van der Waals surface area contributed by atoms with Crippen LogP contribution < -0.4 is 5.32 Å². The topological polar surface area (TPSA) is 105 Å². The van der Waals surface area contributed by atoms with Crippen LogP contribution in [0.3, 0.4) is 0 Å². The zero-order valence-electron chi connectivity index (χ0n) is 59.3. The molecule has 9 heteroatoms. The third-order valence-corrected chi connectivity index (χ3v) is 16.7. The highest BCUT2D eigenvalue weighted by Crippen LogP contribution is 2.43. The number of carbonyl (C=O) groups is 1. The number of nitrogens with one attached hydrogen (secondary N) is 1. The van der Waals surface area contributed by atoms with Gasteiger partial charge in [-0.2, -0.15) is 0 Å². The van der Waals surface area contributed by atoms with E-state index >= 15 is 0 Å². The van der Waals surface area contributed by atoms with Crippen molar-refractivity contribution in [3.63, 3.8) is 0 Å². The Bertz CT molecular complexity index is 2090. The van der Waals surface area contributed by atoms with Crippen molar-refractivity contribution in [2.45, 2.75) is 302 Å². The average Bonchev–Trinajstić information content (AvgIpc) is 3.58. The Morgan fingerprint density at radius 2 is 0.670 bits per heavy atom. The van der Waals surface area contributed by atoms with Crippen LogP contribution in [0.2, 0.25) is 0 Å². The predicted molar refractivity (Wildman–Crippen MR) is 400 cm³/mol. The lowest BCUT2D eigenvalue weighted by Crippen LogP contribution is -2.45. The van der Waals surface area contributed by atoms with Crippen LogP contribution in [0.1, 0.15) is 290 Å². The Kier molecular flexibility index (Phi) is 67.0. The number of likely N-dealkylation sites (N-methyl/N-ethyl adjacent to an activating group) is 1. The van der Waals surface area contributed by atoms with E-state index in [2.05, 4.69) is 177 Å². The molecule has 3 unspecified atom stereocenters. The minimum atomic E-state index is -4.39. The summed E-state index contributed by atoms with van der Waals surface area (Å²) < 4.78 is 23.8. The standard InChI is InChI=1S/C82H139N2O6P/c1-6-8-10-12-14-16-18-20-22-24-26-28-30-32-34-36-38-39-40-41-42-43-44-45-46-48-50-52-54-56-58-60-62-64-66-68-70-72-74-76-82(86)83-80(79-90-91(87,88)89-78-77-84(3,4)5)81(85)75-73-71-69-67-65-63-61-59-57-55-53-51-49-47-37-35-33-31-29-27-25-23-21-19-17-15-13-11-9-7-2/h8,10,14,16,20,22,26,28,32,34,38-39,41-42,44-45,48,50,54,56,60,62,65-68,73,75,80-81,85H,6-7,9,11-13,15,17-19,21,23-25,27,29-31,33,35-37,40,43,46-47,49,51-53,55,57-59,61,63-64,69-72,74,76-79H2,1-5H3,(H-,83,86,87,88)/p+1/b10-8-,16-14-,22-20-,28-26-,34-32-,39-38-,42-41-,45-44-,50-48-,56-54-,62-60-,67-65+,68-66-,75-73+. The van der Waals surface area contributed by atoms with Gasteiger partial charge in [0.25, 0.3) is 0 Å². The van der Waals surface area contributed by atoms with Gasteiger partial charge in [-0.25, -0.2) is 4.57 Å². The second kappa shape index (κ2) is 70.2. The molecule has 0 heterocycles. The van der Waals surface area contributed by atoms with Crippen molar-refractivity contribution in [3.8, 4) is 0 Å². The summed E-state index contributed by atoms with van der Waals surface area (Å²) >= 11 is 0. The summed E-state index contributed by atoms with van der Waals surface area (Å²) in [5.41, 5.74) is 0. The van der Waals surface area contributed by atoms with Gasteiger partial charge < -0.3 is 19.8 Å². The second-order valence-corrected chi connectivity index (χ2v) is 27.0. The molecular formula is C82H140N2O6P+. The average molecular weight is 1280 g/mol. The number of rotatable bonds is 66. The molecule has 8 nitrogen and oxygen atoms in total. The zero-order chi connectivity index (χ0) is 66.2. The van der Waals surface area contributed by atoms with E-state index in [4.69, 9.17) is 9.05 Å². The van der Waals surface area contributed by atoms with Gasteiger partial charge >= 0.3 is 7.82 Å². The summed E-state index contributed by atoms with van der Waals surface area (Å²) in [4.78, 5) is 23.4. The number of nitrogens with zero attached hydrogens (tertiary/aromatic N) is 1. The van der Waals surface area contributed by atoms with Crippen molar-refractivity contribution >= 4 is 13.7 Å². The SMILES string of the molecule is CC/C=C\C/C=C\C/C=C\C/C=C\C/C=C\C/C=C\C/C=C\C/C=C\C/C=C\C/C=C\C/C=C\C/C=C\CCCCC(=O)NC(COP(=O)(O)OCC[N+](C)(C)C)C(O)/C=C/CC/C=C/CCCCCCCCCCCCCCCCCCCCCCCCCC. The molecule has 91 heavy (non-hydrogen) atoms. The lowest BCUT2D eigenvalue weighted by Gasteiger charge is -2.25. The Morgan fingerprint density at radius 1 is 0.385 bits per heavy atom. The van der Waals surface area contributed by atoms with Crippen LogP contribution in [0.15, 0.2) is 170 Å². The first kappa shape index (κ1) is 86.9. The zero-order valence-corrected chi connectivity index (χ0v) is 60.2. The number of carbonyl (C=O) groups excluding carboxylic acids is 1. The van der Waals surface area contributed by atoms with Crippen LogP contribution in [0.25, 0.3) is 0 Å². The third-order valence-electron chi connectivity index (χ3n) is 15.7. The van der Waals surface area contributed by atoms with Crippen molar-refractivity contribution in [2.75, 3.05) is 40.9 Å². The highest BCUT2D eigenvalue weighted by Gasteiger charge is 2.28. The molecule has 0 bridgehead atoms. The smallest absolute Gasteiger partial charge is 0.387 e. The Labute approximate surface area is 562 Å². The number of hydrogen-bond acceptors (Lipinski definition) is 5. The highest BCUT2D eigenvalue weighted by atomic mass is 31.2. The van der Waals surface area contributed by atoms with Gasteiger partial charge in [0.05, 0.1) is 39.9 Å². The molecule has 0 rings (SSSR count). The molecule has 3 atom stereocenters. The number of aliphatic hydroxyl groups excluding tert-OH is 1. The predicted octanol–water partition coefficient (Wildman–Crippen LogP) is 24.3. The molecule has 0 aliphatic heterocycles. The minimum absolute atomic E-state index is 0.0385. The Hall–Kier alpha value is -4.14. The highest BCUT2D eigenvalue weighted by molar-refractivity contribution is 7.47. The Morgan fingerprint density at radius 3 is 1.01 bits per heavy atom. The van der Waals surface area contributed by atoms with E-state index in [1.807, 2.05) is 27.2 Å². The molecule has 0 aromatic heterocycles. The number of hydrogen-bond donors (Lipinski definition) is 3. The van der Waals surface area contributed by atoms with Crippen LogP contribution in [-0.2, 0) is 18.4 Å². The van der Waals surface area contributed by atoms with Gasteiger partial charge in [-0.05, 0) is 122 Å². The van der Waals surface area contributed by atoms with Crippen molar-refractivity contribution in [1.29, 1.82) is 0 Å². The number of aliphatic hydroxyl groups is 1. The molecule has 0 aromatic rings. The van der Waals surface area contributed by atoms with Crippen LogP contribution in [0.4, 0.5) is 0 Å². The minimum Gasteiger partial charge on any atom is -0.387 e. The van der Waals surface area contributed by atoms with Gasteiger partial charge in [0.2, 0.25) is 5.91 Å². The fraction of sp³-hybridized carbons (Fsp3) is 0.646. The van der Waals surface area contributed by atoms with Gasteiger partial charge in [-0.3, -0.25) is 13.8 Å². The van der Waals surface area contributed by atoms with Gasteiger partial charge in [0.1, 0.15) is 13.2 Å². The molecule has 3 N–H and O–H groups in total. The number of allylic oxidation sites excluding steroid dienone is 27. The van der Waals surface area contributed by atoms with Crippen LogP contribution >= 0.6 is 7.82 Å². The number of amides is 1. The normalized spacial score (nSPS) is 14.6. The molecule has 0 saturated carbocycles. The van der Waals surface area contributed by atoms with Crippen LogP contribution in [0.5, 0.6) is 0 Å². The van der Waals surface area contributed by atoms with E-state index in [-0.39, 0.29) is 25.5 Å². The first-order valence-electron chi connectivity index (χ1n) is 37.0. The number of phosphoric acid groups is 1. The van der Waals surface area contributed by atoms with Gasteiger partial charge in [0, 0.05) is 6.42 Å². The van der Waals surface area contributed by atoms with E-state index < -0.39 is 20.0 Å². The van der Waals surface area contributed by atoms with Crippen LogP contribution in [-0.4, -0.2) is 73.4 Å². The monoisotopic (exact) mass is 1280 g/mol. The lowest BCUT2D eigenvalue weighted by atomic mass is 10.0. The molecule has 0 radical (unpaired) electrons. The molecule has 1 amide bonds. The molecule has 0 saturated heterocycles.